The summed E-state index contributed by atoms with van der Waals surface area (Å²) >= 11 is 0. The molecule has 2 N–H and O–H groups in total. The summed E-state index contributed by atoms with van der Waals surface area (Å²) in [5, 5.41) is 19.5. The number of carbonyl (C=O) groups is 1. The summed E-state index contributed by atoms with van der Waals surface area (Å²) in [5.74, 6) is 0.273. The molecule has 0 unspecified atom stereocenters. The van der Waals surface area contributed by atoms with Crippen LogP contribution >= 0.6 is 0 Å². The van der Waals surface area contributed by atoms with Gasteiger partial charge in [-0.25, -0.2) is 0 Å². The number of aromatic hydroxyl groups is 2. The van der Waals surface area contributed by atoms with Crippen molar-refractivity contribution >= 4 is 11.4 Å². The van der Waals surface area contributed by atoms with Gasteiger partial charge in [-0.15, -0.1) is 0 Å². The Balaban J connectivity index is 2.19. The van der Waals surface area contributed by atoms with Crippen LogP contribution in [0.4, 0.5) is 0 Å². The molecule has 0 spiro atoms. The summed E-state index contributed by atoms with van der Waals surface area (Å²) < 4.78 is 5.38. The fraction of sp³-hybridized carbons (Fsp3) is 0.0714. The number of phenols is 2. The molecule has 1 aliphatic carbocycles. The number of fused-ring (bicyclic) bond motifs is 1. The first-order valence-corrected chi connectivity index (χ1v) is 5.48. The van der Waals surface area contributed by atoms with Gasteiger partial charge in [0.25, 0.3) is 0 Å². The zero-order chi connectivity index (χ0) is 12.7. The topological polar surface area (TPSA) is 66.8 Å². The van der Waals surface area contributed by atoms with Crippen LogP contribution in [0.1, 0.15) is 5.56 Å². The molecule has 2 aliphatic rings. The molecule has 0 amide bonds. The molecule has 4 heteroatoms. The summed E-state index contributed by atoms with van der Waals surface area (Å²) in [6.45, 7) is 0.263. The standard InChI is InChI=1S/C14H10O4/c15-9-3-1-8(2-4-9)10-7-18-14-12(17)6-5-11(16)13(10)14/h1-6,16-17H,7H2. The number of allylic oxidation sites excluding steroid dienone is 5. The molecule has 4 nitrogen and oxygen atoms in total. The number of phenolic OH excluding ortho intramolecular Hbond substituents is 2. The lowest BCUT2D eigenvalue weighted by Crippen LogP contribution is -1.96. The van der Waals surface area contributed by atoms with Crippen molar-refractivity contribution in [1.29, 1.82) is 0 Å². The summed E-state index contributed by atoms with van der Waals surface area (Å²) in [5.41, 5.74) is 2.06. The summed E-state index contributed by atoms with van der Waals surface area (Å²) in [6.07, 6.45) is 6.28. The highest BCUT2D eigenvalue weighted by Gasteiger charge is 2.26. The van der Waals surface area contributed by atoms with E-state index in [2.05, 4.69) is 0 Å². The van der Waals surface area contributed by atoms with Crippen molar-refractivity contribution in [2.75, 3.05) is 6.61 Å². The van der Waals surface area contributed by atoms with Gasteiger partial charge in [0.15, 0.2) is 17.3 Å². The van der Waals surface area contributed by atoms with Crippen molar-refractivity contribution in [3.8, 4) is 17.2 Å². The molecule has 3 rings (SSSR count). The maximum absolute atomic E-state index is 11.1. The molecule has 1 aromatic rings. The summed E-state index contributed by atoms with van der Waals surface area (Å²) in [7, 11) is 0. The SMILES string of the molecule is O=C1C=CC(=C2COc3c(O)ccc(O)c32)C=C1. The predicted octanol–water partition coefficient (Wildman–Crippen LogP) is 1.94. The van der Waals surface area contributed by atoms with Crippen LogP contribution in [0.15, 0.2) is 42.0 Å². The molecule has 0 saturated carbocycles. The normalized spacial score (nSPS) is 17.0. The van der Waals surface area contributed by atoms with Gasteiger partial charge in [0.05, 0.1) is 5.56 Å². The Kier molecular flexibility index (Phi) is 2.23. The maximum atomic E-state index is 11.1. The summed E-state index contributed by atoms with van der Waals surface area (Å²) in [4.78, 5) is 11.1. The third-order valence-electron chi connectivity index (χ3n) is 2.98. The number of ether oxygens (including phenoxy) is 1. The van der Waals surface area contributed by atoms with E-state index < -0.39 is 0 Å². The number of carbonyl (C=O) groups excluding carboxylic acids is 1. The maximum Gasteiger partial charge on any atom is 0.178 e. The lowest BCUT2D eigenvalue weighted by Gasteiger charge is -2.06. The van der Waals surface area contributed by atoms with Gasteiger partial charge in [0.1, 0.15) is 12.4 Å². The van der Waals surface area contributed by atoms with E-state index in [9.17, 15) is 15.0 Å². The van der Waals surface area contributed by atoms with Gasteiger partial charge in [0, 0.05) is 5.57 Å². The third kappa shape index (κ3) is 1.50. The van der Waals surface area contributed by atoms with Crippen LogP contribution in [0.25, 0.3) is 5.57 Å². The molecule has 0 bridgehead atoms. The van der Waals surface area contributed by atoms with Crippen LogP contribution in [0.5, 0.6) is 17.2 Å². The van der Waals surface area contributed by atoms with Crippen molar-refractivity contribution in [3.05, 3.63) is 47.6 Å². The van der Waals surface area contributed by atoms with Gasteiger partial charge in [-0.2, -0.15) is 0 Å². The Labute approximate surface area is 103 Å². The molecular weight excluding hydrogens is 232 g/mol. The molecular formula is C14H10O4. The van der Waals surface area contributed by atoms with Crippen molar-refractivity contribution in [1.82, 2.24) is 0 Å². The number of rotatable bonds is 0. The first-order chi connectivity index (χ1) is 8.66. The van der Waals surface area contributed by atoms with Crippen LogP contribution in [-0.4, -0.2) is 22.6 Å². The van der Waals surface area contributed by atoms with E-state index in [-0.39, 0.29) is 29.6 Å². The van der Waals surface area contributed by atoms with Gasteiger partial charge in [-0.05, 0) is 29.9 Å². The lowest BCUT2D eigenvalue weighted by atomic mass is 9.97. The van der Waals surface area contributed by atoms with Crippen molar-refractivity contribution in [3.63, 3.8) is 0 Å². The Morgan fingerprint density at radius 2 is 1.67 bits per heavy atom. The zero-order valence-electron chi connectivity index (χ0n) is 9.38. The Hall–Kier alpha value is -2.49. The van der Waals surface area contributed by atoms with E-state index in [1.165, 1.54) is 24.3 Å². The molecule has 1 aromatic carbocycles. The quantitative estimate of drug-likeness (QED) is 0.682. The molecule has 0 aromatic heterocycles. The Bertz CT molecular complexity index is 617. The van der Waals surface area contributed by atoms with E-state index in [0.717, 1.165) is 11.1 Å². The zero-order valence-corrected chi connectivity index (χ0v) is 9.38. The van der Waals surface area contributed by atoms with E-state index in [4.69, 9.17) is 4.74 Å². The minimum Gasteiger partial charge on any atom is -0.507 e. The minimum atomic E-state index is -0.0707. The smallest absolute Gasteiger partial charge is 0.178 e. The monoisotopic (exact) mass is 242 g/mol. The van der Waals surface area contributed by atoms with E-state index in [0.29, 0.717) is 5.56 Å². The lowest BCUT2D eigenvalue weighted by molar-refractivity contribution is -0.110. The number of hydrogen-bond acceptors (Lipinski definition) is 4. The Morgan fingerprint density at radius 1 is 1.00 bits per heavy atom. The van der Waals surface area contributed by atoms with Crippen LogP contribution in [0, 0.1) is 0 Å². The molecule has 0 saturated heterocycles. The molecule has 90 valence electrons. The van der Waals surface area contributed by atoms with Gasteiger partial charge in [-0.3, -0.25) is 4.79 Å². The van der Waals surface area contributed by atoms with Gasteiger partial charge >= 0.3 is 0 Å². The Morgan fingerprint density at radius 3 is 2.39 bits per heavy atom. The molecule has 1 aliphatic heterocycles. The van der Waals surface area contributed by atoms with Crippen LogP contribution in [-0.2, 0) is 4.79 Å². The second-order valence-corrected chi connectivity index (χ2v) is 4.10. The van der Waals surface area contributed by atoms with E-state index in [1.807, 2.05) is 0 Å². The van der Waals surface area contributed by atoms with Crippen LogP contribution in [0.2, 0.25) is 0 Å². The highest BCUT2D eigenvalue weighted by Crippen LogP contribution is 2.46. The molecule has 0 radical (unpaired) electrons. The number of hydrogen-bond donors (Lipinski definition) is 2. The molecule has 1 heterocycles. The fourth-order valence-corrected chi connectivity index (χ4v) is 2.10. The van der Waals surface area contributed by atoms with Crippen LogP contribution < -0.4 is 4.74 Å². The van der Waals surface area contributed by atoms with Crippen molar-refractivity contribution in [2.45, 2.75) is 0 Å². The highest BCUT2D eigenvalue weighted by molar-refractivity contribution is 6.02. The van der Waals surface area contributed by atoms with E-state index in [1.54, 1.807) is 12.2 Å². The molecule has 18 heavy (non-hydrogen) atoms. The predicted molar refractivity (Wildman–Crippen MR) is 65.5 cm³/mol. The fourth-order valence-electron chi connectivity index (χ4n) is 2.10. The average Bonchev–Trinajstić information content (AvgIpc) is 2.81. The van der Waals surface area contributed by atoms with Gasteiger partial charge < -0.3 is 14.9 Å². The van der Waals surface area contributed by atoms with Crippen molar-refractivity contribution in [2.24, 2.45) is 0 Å². The molecule has 0 atom stereocenters. The third-order valence-corrected chi connectivity index (χ3v) is 2.98. The first kappa shape index (κ1) is 10.7. The second kappa shape index (κ2) is 3.77. The highest BCUT2D eigenvalue weighted by atomic mass is 16.5. The van der Waals surface area contributed by atoms with Crippen LogP contribution in [0.3, 0.4) is 0 Å². The number of benzene rings is 1. The van der Waals surface area contributed by atoms with Crippen molar-refractivity contribution < 1.29 is 19.7 Å². The number of ketones is 1. The van der Waals surface area contributed by atoms with E-state index >= 15 is 0 Å². The molecule has 0 fully saturated rings. The van der Waals surface area contributed by atoms with Gasteiger partial charge in [0.2, 0.25) is 0 Å². The second-order valence-electron chi connectivity index (χ2n) is 4.10. The minimum absolute atomic E-state index is 0.00162. The summed E-state index contributed by atoms with van der Waals surface area (Å²) in [6, 6.07) is 2.81. The first-order valence-electron chi connectivity index (χ1n) is 5.48. The average molecular weight is 242 g/mol. The van der Waals surface area contributed by atoms with Gasteiger partial charge in [-0.1, -0.05) is 12.2 Å². The largest absolute Gasteiger partial charge is 0.507 e.